The number of hydrogen-bond donors (Lipinski definition) is 1. The lowest BCUT2D eigenvalue weighted by Crippen LogP contribution is -2.41. The highest BCUT2D eigenvalue weighted by molar-refractivity contribution is 5.76. The van der Waals surface area contributed by atoms with Gasteiger partial charge in [-0.05, 0) is 30.5 Å². The summed E-state index contributed by atoms with van der Waals surface area (Å²) in [5.41, 5.74) is 1.97. The van der Waals surface area contributed by atoms with Gasteiger partial charge in [-0.15, -0.1) is 0 Å². The highest BCUT2D eigenvalue weighted by Gasteiger charge is 2.41. The Morgan fingerprint density at radius 3 is 3.15 bits per heavy atom. The van der Waals surface area contributed by atoms with Crippen LogP contribution in [-0.2, 0) is 22.6 Å². The summed E-state index contributed by atoms with van der Waals surface area (Å²) >= 11 is 0. The first-order valence-corrected chi connectivity index (χ1v) is 9.17. The van der Waals surface area contributed by atoms with Crippen molar-refractivity contribution < 1.29 is 14.1 Å². The largest absolute Gasteiger partial charge is 0.377 e. The maximum absolute atomic E-state index is 12.2. The van der Waals surface area contributed by atoms with Gasteiger partial charge in [0.1, 0.15) is 12.0 Å². The van der Waals surface area contributed by atoms with E-state index in [9.17, 15) is 4.79 Å². The minimum atomic E-state index is 0.0106. The van der Waals surface area contributed by atoms with E-state index in [0.717, 1.165) is 38.4 Å². The molecule has 2 aliphatic heterocycles. The fourth-order valence-corrected chi connectivity index (χ4v) is 4.04. The zero-order valence-electron chi connectivity index (χ0n) is 14.7. The molecule has 0 spiro atoms. The van der Waals surface area contributed by atoms with Crippen molar-refractivity contribution in [1.82, 2.24) is 20.4 Å². The van der Waals surface area contributed by atoms with Crippen LogP contribution < -0.4 is 5.32 Å². The van der Waals surface area contributed by atoms with Crippen molar-refractivity contribution in [2.45, 2.75) is 32.0 Å². The Morgan fingerprint density at radius 1 is 1.38 bits per heavy atom. The zero-order valence-corrected chi connectivity index (χ0v) is 14.7. The SMILES string of the molecule is O=C(C[C@@H]1OC[C@H]2CN(Cc3cccnc3)CC[C@H]21)NCc1ccon1. The Morgan fingerprint density at radius 2 is 2.35 bits per heavy atom. The average molecular weight is 356 g/mol. The predicted molar refractivity (Wildman–Crippen MR) is 93.8 cm³/mol. The van der Waals surface area contributed by atoms with Crippen LogP contribution in [-0.4, -0.2) is 46.7 Å². The summed E-state index contributed by atoms with van der Waals surface area (Å²) in [6, 6.07) is 5.85. The summed E-state index contributed by atoms with van der Waals surface area (Å²) in [6.45, 7) is 4.14. The van der Waals surface area contributed by atoms with Gasteiger partial charge in [-0.25, -0.2) is 0 Å². The Balaban J connectivity index is 1.25. The Bertz CT molecular complexity index is 707. The van der Waals surface area contributed by atoms with Crippen molar-refractivity contribution >= 4 is 5.91 Å². The third-order valence-corrected chi connectivity index (χ3v) is 5.35. The molecule has 26 heavy (non-hydrogen) atoms. The zero-order chi connectivity index (χ0) is 17.8. The van der Waals surface area contributed by atoms with Gasteiger partial charge in [0.05, 0.1) is 25.7 Å². The molecule has 1 amide bonds. The summed E-state index contributed by atoms with van der Waals surface area (Å²) in [7, 11) is 0. The Kier molecular flexibility index (Phi) is 5.26. The molecule has 0 bridgehead atoms. The van der Waals surface area contributed by atoms with Crippen LogP contribution in [0.25, 0.3) is 0 Å². The smallest absolute Gasteiger partial charge is 0.222 e. The van der Waals surface area contributed by atoms with E-state index in [1.165, 1.54) is 11.8 Å². The lowest BCUT2D eigenvalue weighted by molar-refractivity contribution is -0.124. The van der Waals surface area contributed by atoms with Crippen LogP contribution in [0.2, 0.25) is 0 Å². The molecule has 7 nitrogen and oxygen atoms in total. The van der Waals surface area contributed by atoms with E-state index in [0.29, 0.717) is 24.8 Å². The highest BCUT2D eigenvalue weighted by atomic mass is 16.5. The van der Waals surface area contributed by atoms with Crippen LogP contribution in [0.1, 0.15) is 24.1 Å². The van der Waals surface area contributed by atoms with Crippen LogP contribution in [0, 0.1) is 11.8 Å². The summed E-state index contributed by atoms with van der Waals surface area (Å²) < 4.78 is 10.7. The molecular formula is C19H24N4O3. The molecule has 1 N–H and O–H groups in total. The van der Waals surface area contributed by atoms with E-state index >= 15 is 0 Å². The maximum Gasteiger partial charge on any atom is 0.222 e. The van der Waals surface area contributed by atoms with Crippen molar-refractivity contribution in [3.8, 4) is 0 Å². The molecule has 0 aromatic carbocycles. The number of carbonyl (C=O) groups is 1. The number of nitrogens with zero attached hydrogens (tertiary/aromatic N) is 3. The number of amides is 1. The molecule has 2 aliphatic rings. The van der Waals surface area contributed by atoms with Crippen molar-refractivity contribution in [3.63, 3.8) is 0 Å². The van der Waals surface area contributed by atoms with E-state index in [1.807, 2.05) is 12.3 Å². The molecule has 2 saturated heterocycles. The average Bonchev–Trinajstić information content (AvgIpc) is 3.31. The van der Waals surface area contributed by atoms with Gasteiger partial charge in [0, 0.05) is 37.5 Å². The number of ether oxygens (including phenoxy) is 1. The van der Waals surface area contributed by atoms with Gasteiger partial charge in [-0.3, -0.25) is 14.7 Å². The molecule has 138 valence electrons. The third kappa shape index (κ3) is 4.11. The van der Waals surface area contributed by atoms with E-state index in [4.69, 9.17) is 9.26 Å². The fraction of sp³-hybridized carbons (Fsp3) is 0.526. The molecule has 0 saturated carbocycles. The lowest BCUT2D eigenvalue weighted by atomic mass is 9.83. The number of piperidine rings is 1. The molecule has 7 heteroatoms. The minimum absolute atomic E-state index is 0.0106. The maximum atomic E-state index is 12.2. The second-order valence-electron chi connectivity index (χ2n) is 7.15. The standard InChI is InChI=1S/C19H24N4O3/c24-19(21-10-16-4-7-26-22-16)8-18-17-3-6-23(12-15(17)13-25-18)11-14-2-1-5-20-9-14/h1-2,4-5,7,9,15,17-18H,3,6,8,10-13H2,(H,21,24)/t15-,17-,18+/m1/s1. The van der Waals surface area contributed by atoms with Gasteiger partial charge in [-0.1, -0.05) is 11.2 Å². The Hall–Kier alpha value is -2.25. The predicted octanol–water partition coefficient (Wildman–Crippen LogP) is 1.61. The first kappa shape index (κ1) is 17.2. The Labute approximate surface area is 152 Å². The molecule has 2 aromatic heterocycles. The summed E-state index contributed by atoms with van der Waals surface area (Å²) in [5.74, 6) is 0.989. The molecule has 2 fully saturated rings. The second kappa shape index (κ2) is 7.97. The molecule has 4 heterocycles. The third-order valence-electron chi connectivity index (χ3n) is 5.35. The highest BCUT2D eigenvalue weighted by Crippen LogP contribution is 2.36. The lowest BCUT2D eigenvalue weighted by Gasteiger charge is -2.35. The van der Waals surface area contributed by atoms with Crippen molar-refractivity contribution in [3.05, 3.63) is 48.1 Å². The van der Waals surface area contributed by atoms with E-state index in [1.54, 1.807) is 12.3 Å². The van der Waals surface area contributed by atoms with Crippen LogP contribution in [0.5, 0.6) is 0 Å². The van der Waals surface area contributed by atoms with Gasteiger partial charge in [0.2, 0.25) is 5.91 Å². The molecule has 4 rings (SSSR count). The number of nitrogens with one attached hydrogen (secondary N) is 1. The fourth-order valence-electron chi connectivity index (χ4n) is 4.04. The number of hydrogen-bond acceptors (Lipinski definition) is 6. The van der Waals surface area contributed by atoms with E-state index < -0.39 is 0 Å². The molecule has 2 aromatic rings. The van der Waals surface area contributed by atoms with Crippen LogP contribution in [0.15, 0.2) is 41.4 Å². The van der Waals surface area contributed by atoms with Crippen molar-refractivity contribution in [1.29, 1.82) is 0 Å². The van der Waals surface area contributed by atoms with Crippen LogP contribution >= 0.6 is 0 Å². The van der Waals surface area contributed by atoms with Gasteiger partial charge >= 0.3 is 0 Å². The van der Waals surface area contributed by atoms with E-state index in [-0.39, 0.29) is 12.0 Å². The van der Waals surface area contributed by atoms with Crippen LogP contribution in [0.3, 0.4) is 0 Å². The number of likely N-dealkylation sites (tertiary alicyclic amines) is 1. The number of carbonyl (C=O) groups excluding carboxylic acids is 1. The summed E-state index contributed by atoms with van der Waals surface area (Å²) in [5, 5.41) is 6.69. The first-order valence-electron chi connectivity index (χ1n) is 9.17. The molecule has 0 radical (unpaired) electrons. The number of fused-ring (bicyclic) bond motifs is 1. The molecule has 3 atom stereocenters. The monoisotopic (exact) mass is 356 g/mol. The van der Waals surface area contributed by atoms with Crippen molar-refractivity contribution in [2.24, 2.45) is 11.8 Å². The van der Waals surface area contributed by atoms with Gasteiger partial charge in [0.25, 0.3) is 0 Å². The first-order chi connectivity index (χ1) is 12.8. The van der Waals surface area contributed by atoms with E-state index in [2.05, 4.69) is 26.4 Å². The van der Waals surface area contributed by atoms with Gasteiger partial charge < -0.3 is 14.6 Å². The topological polar surface area (TPSA) is 80.5 Å². The normalized spacial score (nSPS) is 25.8. The van der Waals surface area contributed by atoms with Crippen molar-refractivity contribution in [2.75, 3.05) is 19.7 Å². The quantitative estimate of drug-likeness (QED) is 0.847. The second-order valence-corrected chi connectivity index (χ2v) is 7.15. The number of aromatic nitrogens is 2. The molecular weight excluding hydrogens is 332 g/mol. The summed E-state index contributed by atoms with van der Waals surface area (Å²) in [6.07, 6.45) is 6.76. The number of pyridine rings is 1. The van der Waals surface area contributed by atoms with Crippen LogP contribution in [0.4, 0.5) is 0 Å². The number of rotatable bonds is 6. The molecule has 0 aliphatic carbocycles. The summed E-state index contributed by atoms with van der Waals surface area (Å²) in [4.78, 5) is 18.9. The molecule has 0 unspecified atom stereocenters. The van der Waals surface area contributed by atoms with Gasteiger partial charge in [0.15, 0.2) is 0 Å². The van der Waals surface area contributed by atoms with Gasteiger partial charge in [-0.2, -0.15) is 0 Å². The minimum Gasteiger partial charge on any atom is -0.377 e.